The van der Waals surface area contributed by atoms with Crippen LogP contribution in [0, 0.1) is 0 Å². The number of ether oxygens (including phenoxy) is 1. The van der Waals surface area contributed by atoms with Crippen molar-refractivity contribution in [2.45, 2.75) is 18.9 Å². The molecule has 2 aliphatic rings. The number of hydrogen-bond donors (Lipinski definition) is 1. The molecular formula is C11H21N3O2. The molecule has 2 rings (SSSR count). The van der Waals surface area contributed by atoms with Crippen LogP contribution in [0.3, 0.4) is 0 Å². The van der Waals surface area contributed by atoms with E-state index in [1.165, 1.54) is 0 Å². The molecule has 0 bridgehead atoms. The van der Waals surface area contributed by atoms with Gasteiger partial charge in [0, 0.05) is 39.3 Å². The molecule has 92 valence electrons. The smallest absolute Gasteiger partial charge is 0.317 e. The summed E-state index contributed by atoms with van der Waals surface area (Å²) in [6, 6.07) is 0.0589. The molecule has 0 saturated carbocycles. The van der Waals surface area contributed by atoms with E-state index in [9.17, 15) is 4.79 Å². The maximum absolute atomic E-state index is 11.8. The first-order valence-electron chi connectivity index (χ1n) is 6.08. The Kier molecular flexibility index (Phi) is 4.01. The molecule has 0 aromatic carbocycles. The molecule has 0 aromatic rings. The lowest BCUT2D eigenvalue weighted by Gasteiger charge is -2.32. The molecule has 16 heavy (non-hydrogen) atoms. The normalized spacial score (nSPS) is 27.1. The molecule has 2 aliphatic heterocycles. The monoisotopic (exact) mass is 227 g/mol. The second kappa shape index (κ2) is 5.50. The van der Waals surface area contributed by atoms with Crippen LogP contribution < -0.4 is 5.32 Å². The topological polar surface area (TPSA) is 44.8 Å². The summed E-state index contributed by atoms with van der Waals surface area (Å²) in [5, 5.41) is 2.95. The zero-order valence-electron chi connectivity index (χ0n) is 9.95. The number of piperazine rings is 1. The van der Waals surface area contributed by atoms with E-state index < -0.39 is 0 Å². The predicted molar refractivity (Wildman–Crippen MR) is 61.4 cm³/mol. The Balaban J connectivity index is 1.67. The maximum atomic E-state index is 11.8. The third-order valence-electron chi connectivity index (χ3n) is 3.30. The van der Waals surface area contributed by atoms with Gasteiger partial charge >= 0.3 is 6.03 Å². The van der Waals surface area contributed by atoms with Crippen molar-refractivity contribution in [2.75, 3.05) is 46.4 Å². The van der Waals surface area contributed by atoms with Crippen LogP contribution in [-0.4, -0.2) is 68.3 Å². The minimum atomic E-state index is 0.0589. The zero-order chi connectivity index (χ0) is 11.4. The van der Waals surface area contributed by atoms with Crippen molar-refractivity contribution >= 4 is 6.03 Å². The predicted octanol–water partition coefficient (Wildman–Crippen LogP) is 0.122. The van der Waals surface area contributed by atoms with Gasteiger partial charge in [-0.05, 0) is 19.9 Å². The molecule has 2 saturated heterocycles. The van der Waals surface area contributed by atoms with E-state index >= 15 is 0 Å². The number of rotatable bonds is 2. The van der Waals surface area contributed by atoms with Crippen molar-refractivity contribution in [3.05, 3.63) is 0 Å². The van der Waals surface area contributed by atoms with Crippen LogP contribution in [0.5, 0.6) is 0 Å². The van der Waals surface area contributed by atoms with Gasteiger partial charge in [-0.3, -0.25) is 0 Å². The van der Waals surface area contributed by atoms with Gasteiger partial charge in [0.2, 0.25) is 0 Å². The van der Waals surface area contributed by atoms with Gasteiger partial charge in [-0.1, -0.05) is 0 Å². The van der Waals surface area contributed by atoms with Crippen LogP contribution in [0.2, 0.25) is 0 Å². The van der Waals surface area contributed by atoms with Crippen LogP contribution in [0.15, 0.2) is 0 Å². The van der Waals surface area contributed by atoms with Gasteiger partial charge in [-0.15, -0.1) is 0 Å². The largest absolute Gasteiger partial charge is 0.376 e. The fraction of sp³-hybridized carbons (Fsp3) is 0.909. The number of nitrogens with zero attached hydrogens (tertiary/aromatic N) is 2. The van der Waals surface area contributed by atoms with E-state index in [0.29, 0.717) is 6.54 Å². The SMILES string of the molecule is CN1CCN(C(=O)NCC2CCCO2)CC1. The van der Waals surface area contributed by atoms with Crippen molar-refractivity contribution in [3.63, 3.8) is 0 Å². The standard InChI is InChI=1S/C11H21N3O2/c1-13-4-6-14(7-5-13)11(15)12-9-10-3-2-8-16-10/h10H,2-9H2,1H3,(H,12,15). The van der Waals surface area contributed by atoms with E-state index in [2.05, 4.69) is 17.3 Å². The third-order valence-corrected chi connectivity index (χ3v) is 3.30. The lowest BCUT2D eigenvalue weighted by atomic mass is 10.2. The van der Waals surface area contributed by atoms with Gasteiger partial charge in [0.05, 0.1) is 6.10 Å². The van der Waals surface area contributed by atoms with Gasteiger partial charge in [0.1, 0.15) is 0 Å². The summed E-state index contributed by atoms with van der Waals surface area (Å²) in [6.07, 6.45) is 2.43. The Bertz CT molecular complexity index is 233. The van der Waals surface area contributed by atoms with Crippen molar-refractivity contribution in [3.8, 4) is 0 Å². The number of hydrogen-bond acceptors (Lipinski definition) is 3. The molecule has 5 heteroatoms. The molecule has 1 N–H and O–H groups in total. The molecule has 2 heterocycles. The summed E-state index contributed by atoms with van der Waals surface area (Å²) in [6.45, 7) is 5.09. The lowest BCUT2D eigenvalue weighted by molar-refractivity contribution is 0.106. The number of carbonyl (C=O) groups excluding carboxylic acids is 1. The lowest BCUT2D eigenvalue weighted by Crippen LogP contribution is -2.51. The van der Waals surface area contributed by atoms with Crippen LogP contribution >= 0.6 is 0 Å². The van der Waals surface area contributed by atoms with E-state index in [4.69, 9.17) is 4.74 Å². The van der Waals surface area contributed by atoms with Gasteiger partial charge in [0.25, 0.3) is 0 Å². The molecule has 5 nitrogen and oxygen atoms in total. The third kappa shape index (κ3) is 3.09. The summed E-state index contributed by atoms with van der Waals surface area (Å²) < 4.78 is 5.47. The van der Waals surface area contributed by atoms with Crippen LogP contribution in [-0.2, 0) is 4.74 Å². The van der Waals surface area contributed by atoms with Crippen LogP contribution in [0.4, 0.5) is 4.79 Å². The fourth-order valence-electron chi connectivity index (χ4n) is 2.13. The zero-order valence-corrected chi connectivity index (χ0v) is 9.95. The second-order valence-electron chi connectivity index (χ2n) is 4.61. The highest BCUT2D eigenvalue weighted by atomic mass is 16.5. The first-order chi connectivity index (χ1) is 7.75. The number of amides is 2. The van der Waals surface area contributed by atoms with Crippen molar-refractivity contribution < 1.29 is 9.53 Å². The Morgan fingerprint density at radius 1 is 1.38 bits per heavy atom. The maximum Gasteiger partial charge on any atom is 0.317 e. The number of carbonyl (C=O) groups is 1. The molecule has 1 atom stereocenters. The summed E-state index contributed by atoms with van der Waals surface area (Å²) >= 11 is 0. The molecule has 0 aromatic heterocycles. The van der Waals surface area contributed by atoms with Crippen molar-refractivity contribution in [1.29, 1.82) is 0 Å². The molecule has 0 aliphatic carbocycles. The van der Waals surface area contributed by atoms with E-state index in [1.807, 2.05) is 4.90 Å². The molecule has 1 unspecified atom stereocenters. The van der Waals surface area contributed by atoms with E-state index in [1.54, 1.807) is 0 Å². The number of nitrogens with one attached hydrogen (secondary N) is 1. The minimum absolute atomic E-state index is 0.0589. The quantitative estimate of drug-likeness (QED) is 0.729. The molecule has 2 amide bonds. The molecule has 0 spiro atoms. The highest BCUT2D eigenvalue weighted by Gasteiger charge is 2.21. The highest BCUT2D eigenvalue weighted by Crippen LogP contribution is 2.10. The van der Waals surface area contributed by atoms with E-state index in [-0.39, 0.29) is 12.1 Å². The summed E-state index contributed by atoms with van der Waals surface area (Å²) in [5.41, 5.74) is 0. The summed E-state index contributed by atoms with van der Waals surface area (Å²) in [4.78, 5) is 15.9. The summed E-state index contributed by atoms with van der Waals surface area (Å²) in [7, 11) is 2.08. The highest BCUT2D eigenvalue weighted by molar-refractivity contribution is 5.74. The average molecular weight is 227 g/mol. The number of urea groups is 1. The second-order valence-corrected chi connectivity index (χ2v) is 4.61. The Morgan fingerprint density at radius 2 is 2.12 bits per heavy atom. The Morgan fingerprint density at radius 3 is 2.75 bits per heavy atom. The van der Waals surface area contributed by atoms with Gasteiger partial charge in [-0.25, -0.2) is 4.79 Å². The summed E-state index contributed by atoms with van der Waals surface area (Å²) in [5.74, 6) is 0. The average Bonchev–Trinajstić information content (AvgIpc) is 2.80. The Labute approximate surface area is 96.7 Å². The van der Waals surface area contributed by atoms with Crippen molar-refractivity contribution in [1.82, 2.24) is 15.1 Å². The fourth-order valence-corrected chi connectivity index (χ4v) is 2.13. The van der Waals surface area contributed by atoms with Gasteiger partial charge in [-0.2, -0.15) is 0 Å². The minimum Gasteiger partial charge on any atom is -0.376 e. The van der Waals surface area contributed by atoms with Gasteiger partial charge < -0.3 is 19.9 Å². The van der Waals surface area contributed by atoms with Crippen LogP contribution in [0.1, 0.15) is 12.8 Å². The molecule has 2 fully saturated rings. The molecular weight excluding hydrogens is 206 g/mol. The van der Waals surface area contributed by atoms with Crippen LogP contribution in [0.25, 0.3) is 0 Å². The first kappa shape index (κ1) is 11.7. The van der Waals surface area contributed by atoms with Crippen molar-refractivity contribution in [2.24, 2.45) is 0 Å². The van der Waals surface area contributed by atoms with E-state index in [0.717, 1.165) is 45.6 Å². The first-order valence-corrected chi connectivity index (χ1v) is 6.08. The number of likely N-dealkylation sites (N-methyl/N-ethyl adjacent to an activating group) is 1. The Hall–Kier alpha value is -0.810. The molecule has 0 radical (unpaired) electrons. The van der Waals surface area contributed by atoms with Gasteiger partial charge in [0.15, 0.2) is 0 Å².